The van der Waals surface area contributed by atoms with Crippen molar-refractivity contribution in [3.63, 3.8) is 0 Å². The van der Waals surface area contributed by atoms with Crippen LogP contribution in [0.4, 0.5) is 0 Å². The Morgan fingerprint density at radius 3 is 2.88 bits per heavy atom. The first kappa shape index (κ1) is 17.2. The van der Waals surface area contributed by atoms with Gasteiger partial charge in [0.2, 0.25) is 5.91 Å². The van der Waals surface area contributed by atoms with Crippen LogP contribution in [0.3, 0.4) is 0 Å². The van der Waals surface area contributed by atoms with Gasteiger partial charge in [-0.05, 0) is 57.4 Å². The number of amides is 1. The Balaban J connectivity index is 1.56. The van der Waals surface area contributed by atoms with Gasteiger partial charge in [-0.15, -0.1) is 11.3 Å². The molecule has 1 fully saturated rings. The Morgan fingerprint density at radius 1 is 1.35 bits per heavy atom. The molecule has 1 saturated heterocycles. The molecule has 7 heteroatoms. The van der Waals surface area contributed by atoms with Crippen LogP contribution >= 0.6 is 11.3 Å². The van der Waals surface area contributed by atoms with E-state index in [9.17, 15) is 4.79 Å². The van der Waals surface area contributed by atoms with Gasteiger partial charge < -0.3 is 10.2 Å². The first-order valence-electron chi connectivity index (χ1n) is 8.95. The maximum Gasteiger partial charge on any atom is 0.242 e. The number of nitrogens with one attached hydrogen (secondary N) is 1. The minimum Gasteiger partial charge on any atom is -0.352 e. The van der Waals surface area contributed by atoms with E-state index in [1.54, 1.807) is 22.2 Å². The molecular formula is C19H23N5OS. The number of likely N-dealkylation sites (tertiary alicyclic amines) is 1. The molecule has 6 nitrogen and oxygen atoms in total. The lowest BCUT2D eigenvalue weighted by Crippen LogP contribution is -2.44. The number of pyridine rings is 1. The zero-order valence-electron chi connectivity index (χ0n) is 15.1. The average molecular weight is 369 g/mol. The third-order valence-corrected chi connectivity index (χ3v) is 5.87. The molecule has 0 aromatic carbocycles. The van der Waals surface area contributed by atoms with Gasteiger partial charge in [-0.1, -0.05) is 6.07 Å². The minimum absolute atomic E-state index is 0.00674. The van der Waals surface area contributed by atoms with Crippen molar-refractivity contribution in [3.8, 4) is 10.4 Å². The predicted octanol–water partition coefficient (Wildman–Crippen LogP) is 2.68. The molecule has 1 aliphatic heterocycles. The first-order chi connectivity index (χ1) is 12.6. The zero-order chi connectivity index (χ0) is 18.1. The molecule has 3 aromatic heterocycles. The van der Waals surface area contributed by atoms with E-state index in [0.717, 1.165) is 48.2 Å². The van der Waals surface area contributed by atoms with Crippen molar-refractivity contribution in [2.75, 3.05) is 20.1 Å². The highest BCUT2D eigenvalue weighted by atomic mass is 32.1. The molecule has 1 aliphatic rings. The molecule has 0 atom stereocenters. The van der Waals surface area contributed by atoms with Crippen molar-refractivity contribution in [2.45, 2.75) is 32.4 Å². The summed E-state index contributed by atoms with van der Waals surface area (Å²) in [6.07, 6.45) is 3.80. The second-order valence-electron chi connectivity index (χ2n) is 6.92. The monoisotopic (exact) mass is 369 g/mol. The lowest BCUT2D eigenvalue weighted by molar-refractivity contribution is -0.122. The van der Waals surface area contributed by atoms with Crippen LogP contribution < -0.4 is 5.32 Å². The van der Waals surface area contributed by atoms with E-state index < -0.39 is 0 Å². The van der Waals surface area contributed by atoms with Gasteiger partial charge >= 0.3 is 0 Å². The number of rotatable bonds is 4. The lowest BCUT2D eigenvalue weighted by atomic mass is 10.1. The zero-order valence-corrected chi connectivity index (χ0v) is 15.9. The molecule has 1 amide bonds. The van der Waals surface area contributed by atoms with Crippen LogP contribution in [0.25, 0.3) is 21.5 Å². The van der Waals surface area contributed by atoms with Gasteiger partial charge in [0.1, 0.15) is 6.54 Å². The first-order valence-corrected chi connectivity index (χ1v) is 9.83. The molecule has 4 heterocycles. The number of thiophene rings is 1. The fourth-order valence-electron chi connectivity index (χ4n) is 3.59. The van der Waals surface area contributed by atoms with Crippen molar-refractivity contribution in [3.05, 3.63) is 35.5 Å². The summed E-state index contributed by atoms with van der Waals surface area (Å²) in [5, 5.41) is 10.8. The highest BCUT2D eigenvalue weighted by molar-refractivity contribution is 7.13. The van der Waals surface area contributed by atoms with Crippen LogP contribution in [0.2, 0.25) is 0 Å². The van der Waals surface area contributed by atoms with Gasteiger partial charge in [0.15, 0.2) is 5.65 Å². The Morgan fingerprint density at radius 2 is 2.15 bits per heavy atom. The smallest absolute Gasteiger partial charge is 0.242 e. The van der Waals surface area contributed by atoms with E-state index >= 15 is 0 Å². The van der Waals surface area contributed by atoms with Crippen molar-refractivity contribution < 1.29 is 4.79 Å². The van der Waals surface area contributed by atoms with Crippen LogP contribution in [0.15, 0.2) is 29.8 Å². The van der Waals surface area contributed by atoms with E-state index in [1.165, 1.54) is 4.88 Å². The molecule has 0 bridgehead atoms. The van der Waals surface area contributed by atoms with Crippen molar-refractivity contribution in [1.29, 1.82) is 0 Å². The normalized spacial score (nSPS) is 16.2. The summed E-state index contributed by atoms with van der Waals surface area (Å²) >= 11 is 1.70. The van der Waals surface area contributed by atoms with Gasteiger partial charge in [0.25, 0.3) is 0 Å². The molecule has 136 valence electrons. The Bertz CT molecular complexity index is 910. The highest BCUT2D eigenvalue weighted by Gasteiger charge is 2.20. The Kier molecular flexibility index (Phi) is 4.74. The topological polar surface area (TPSA) is 63.1 Å². The lowest BCUT2D eigenvalue weighted by Gasteiger charge is -2.29. The predicted molar refractivity (Wildman–Crippen MR) is 104 cm³/mol. The largest absolute Gasteiger partial charge is 0.352 e. The molecule has 0 radical (unpaired) electrons. The number of carbonyl (C=O) groups is 1. The maximum atomic E-state index is 12.5. The fourth-order valence-corrected chi connectivity index (χ4v) is 4.35. The number of hydrogen-bond acceptors (Lipinski definition) is 5. The number of aromatic nitrogens is 3. The standard InChI is InChI=1S/C19H23N5OS/c1-13-18-15(16-4-3-11-26-16)5-8-20-19(18)24(22-13)12-17(25)21-14-6-9-23(2)10-7-14/h3-5,8,11,14H,6-7,9-10,12H2,1-2H3,(H,21,25). The van der Waals surface area contributed by atoms with Crippen LogP contribution in [0, 0.1) is 6.92 Å². The summed E-state index contributed by atoms with van der Waals surface area (Å²) in [7, 11) is 2.12. The molecular weight excluding hydrogens is 346 g/mol. The quantitative estimate of drug-likeness (QED) is 0.768. The molecule has 4 rings (SSSR count). The second-order valence-corrected chi connectivity index (χ2v) is 7.87. The summed E-state index contributed by atoms with van der Waals surface area (Å²) in [6, 6.07) is 6.42. The van der Waals surface area contributed by atoms with Gasteiger partial charge in [0, 0.05) is 22.7 Å². The highest BCUT2D eigenvalue weighted by Crippen LogP contribution is 2.32. The van der Waals surface area contributed by atoms with Gasteiger partial charge in [-0.3, -0.25) is 4.79 Å². The summed E-state index contributed by atoms with van der Waals surface area (Å²) in [5.74, 6) is 0.00674. The van der Waals surface area contributed by atoms with E-state index in [2.05, 4.69) is 38.8 Å². The van der Waals surface area contributed by atoms with E-state index in [4.69, 9.17) is 0 Å². The number of fused-ring (bicyclic) bond motifs is 1. The number of carbonyl (C=O) groups excluding carboxylic acids is 1. The third kappa shape index (κ3) is 3.37. The van der Waals surface area contributed by atoms with E-state index in [-0.39, 0.29) is 18.5 Å². The third-order valence-electron chi connectivity index (χ3n) is 4.97. The van der Waals surface area contributed by atoms with Gasteiger partial charge in [0.05, 0.1) is 11.1 Å². The number of nitrogens with zero attached hydrogens (tertiary/aromatic N) is 4. The summed E-state index contributed by atoms with van der Waals surface area (Å²) in [4.78, 5) is 20.5. The van der Waals surface area contributed by atoms with Gasteiger partial charge in [-0.25, -0.2) is 9.67 Å². The van der Waals surface area contributed by atoms with Crippen LogP contribution in [-0.4, -0.2) is 51.8 Å². The van der Waals surface area contributed by atoms with Gasteiger partial charge in [-0.2, -0.15) is 5.10 Å². The van der Waals surface area contributed by atoms with Crippen LogP contribution in [-0.2, 0) is 11.3 Å². The number of aryl methyl sites for hydroxylation is 1. The van der Waals surface area contributed by atoms with Crippen LogP contribution in [0.1, 0.15) is 18.5 Å². The molecule has 1 N–H and O–H groups in total. The van der Waals surface area contributed by atoms with Crippen molar-refractivity contribution in [2.24, 2.45) is 0 Å². The summed E-state index contributed by atoms with van der Waals surface area (Å²) in [6.45, 7) is 4.24. The second kappa shape index (κ2) is 7.17. The molecule has 26 heavy (non-hydrogen) atoms. The molecule has 0 unspecified atom stereocenters. The Hall–Kier alpha value is -2.25. The molecule has 0 saturated carbocycles. The molecule has 0 spiro atoms. The summed E-state index contributed by atoms with van der Waals surface area (Å²) < 4.78 is 1.73. The maximum absolute atomic E-state index is 12.5. The van der Waals surface area contributed by atoms with Crippen LogP contribution in [0.5, 0.6) is 0 Å². The van der Waals surface area contributed by atoms with E-state index in [0.29, 0.717) is 0 Å². The minimum atomic E-state index is 0.00674. The average Bonchev–Trinajstić information content (AvgIpc) is 3.26. The number of hydrogen-bond donors (Lipinski definition) is 1. The SMILES string of the molecule is Cc1nn(CC(=O)NC2CCN(C)CC2)c2nccc(-c3cccs3)c12. The summed E-state index contributed by atoms with van der Waals surface area (Å²) in [5.41, 5.74) is 2.81. The number of piperidine rings is 1. The fraction of sp³-hybridized carbons (Fsp3) is 0.421. The van der Waals surface area contributed by atoms with E-state index in [1.807, 2.05) is 19.1 Å². The van der Waals surface area contributed by atoms with Crippen molar-refractivity contribution >= 4 is 28.3 Å². The molecule has 3 aromatic rings. The Labute approximate surface area is 156 Å². The van der Waals surface area contributed by atoms with Crippen molar-refractivity contribution in [1.82, 2.24) is 25.0 Å². The molecule has 0 aliphatic carbocycles.